The minimum atomic E-state index is -0.492. The van der Waals surface area contributed by atoms with Gasteiger partial charge in [0.2, 0.25) is 0 Å². The normalized spacial score (nSPS) is 12.9. The van der Waals surface area contributed by atoms with Crippen molar-refractivity contribution < 1.29 is 18.2 Å². The molecule has 0 amide bonds. The molecule has 0 spiro atoms. The van der Waals surface area contributed by atoms with Gasteiger partial charge >= 0.3 is 90.7 Å². The van der Waals surface area contributed by atoms with Crippen LogP contribution in [0.5, 0.6) is 0 Å². The standard InChI is InChI=1S/C11H24N2.2C5H11N.C4H9.Mo/c1-7-10(6)11(12-8(2)3)13-9(4)5;2*1-4-5(2,3)6;1-4(2)3;/h8-11H,7H2,1-6H3;2*4H2,1-3H3;1-3H3;/q-2;;;-1;. The Morgan fingerprint density at radius 1 is 0.733 bits per heavy atom. The van der Waals surface area contributed by atoms with E-state index in [1.54, 1.807) is 0 Å². The van der Waals surface area contributed by atoms with Crippen molar-refractivity contribution >= 4 is 0 Å². The van der Waals surface area contributed by atoms with Gasteiger partial charge in [0, 0.05) is 0 Å². The Morgan fingerprint density at radius 2 is 1.03 bits per heavy atom. The van der Waals surface area contributed by atoms with Gasteiger partial charge in [-0.2, -0.15) is 20.8 Å². The van der Waals surface area contributed by atoms with E-state index in [2.05, 4.69) is 121 Å². The van der Waals surface area contributed by atoms with Gasteiger partial charge in [-0.05, 0) is 0 Å². The molecule has 0 saturated heterocycles. The van der Waals surface area contributed by atoms with Crippen molar-refractivity contribution in [3.05, 3.63) is 16.6 Å². The summed E-state index contributed by atoms with van der Waals surface area (Å²) in [6.45, 7) is 32.2. The first-order chi connectivity index (χ1) is 13.5. The van der Waals surface area contributed by atoms with Crippen molar-refractivity contribution in [1.29, 1.82) is 0 Å². The first-order valence-electron chi connectivity index (χ1n) is 11.8. The molecule has 0 fully saturated rings. The second-order valence-corrected chi connectivity index (χ2v) is 11.7. The molecule has 5 heteroatoms. The fourth-order valence-electron chi connectivity index (χ4n) is 1.52. The van der Waals surface area contributed by atoms with Crippen molar-refractivity contribution in [2.45, 2.75) is 152 Å². The van der Waals surface area contributed by atoms with E-state index < -0.39 is 18.2 Å². The van der Waals surface area contributed by atoms with Crippen LogP contribution in [-0.2, 0) is 18.2 Å². The molecular formula is C25H55MoN4-3. The van der Waals surface area contributed by atoms with Crippen LogP contribution in [0.25, 0.3) is 10.6 Å². The summed E-state index contributed by atoms with van der Waals surface area (Å²) in [5.74, 6) is 1.99. The van der Waals surface area contributed by atoms with Crippen molar-refractivity contribution in [2.75, 3.05) is 0 Å². The zero-order valence-corrected chi connectivity index (χ0v) is 25.1. The van der Waals surface area contributed by atoms with Gasteiger partial charge in [0.05, 0.1) is 0 Å². The Labute approximate surface area is 199 Å². The van der Waals surface area contributed by atoms with Gasteiger partial charge in [0.1, 0.15) is 0 Å². The second kappa shape index (κ2) is 18.7. The SMILES string of the molecule is CCC(C)(C)[N]=[Mo]=[N]C(C)(C)CC.CCC(C)C([N-]C(C)C)[N-]C(C)C.C[C-](C)C. The molecule has 1 atom stereocenters. The molecule has 0 aromatic rings. The Morgan fingerprint density at radius 3 is 1.23 bits per heavy atom. The van der Waals surface area contributed by atoms with Gasteiger partial charge in [-0.3, -0.25) is 0 Å². The predicted molar refractivity (Wildman–Crippen MR) is 134 cm³/mol. The maximum atomic E-state index is 4.67. The van der Waals surface area contributed by atoms with E-state index >= 15 is 0 Å². The number of hydrogen-bond acceptors (Lipinski definition) is 2. The zero-order valence-electron chi connectivity index (χ0n) is 23.1. The fraction of sp³-hybridized carbons (Fsp3) is 0.960. The second-order valence-electron chi connectivity index (χ2n) is 10.4. The van der Waals surface area contributed by atoms with Crippen LogP contribution in [0.4, 0.5) is 0 Å². The Hall–Kier alpha value is 0.208. The topological polar surface area (TPSA) is 52.9 Å². The van der Waals surface area contributed by atoms with E-state index in [4.69, 9.17) is 0 Å². The quantitative estimate of drug-likeness (QED) is 0.209. The molecule has 0 aliphatic carbocycles. The molecule has 0 radical (unpaired) electrons. The van der Waals surface area contributed by atoms with Crippen LogP contribution in [0.15, 0.2) is 6.99 Å². The van der Waals surface area contributed by atoms with Crippen molar-refractivity contribution in [2.24, 2.45) is 12.9 Å². The van der Waals surface area contributed by atoms with Crippen LogP contribution in [0.2, 0.25) is 0 Å². The van der Waals surface area contributed by atoms with Crippen LogP contribution >= 0.6 is 0 Å². The van der Waals surface area contributed by atoms with E-state index in [9.17, 15) is 0 Å². The summed E-state index contributed by atoms with van der Waals surface area (Å²) in [6, 6.07) is 0.781. The Kier molecular flexibility index (Phi) is 21.8. The summed E-state index contributed by atoms with van der Waals surface area (Å²) in [5, 5.41) is 9.24. The molecule has 0 bridgehead atoms. The average molecular weight is 508 g/mol. The van der Waals surface area contributed by atoms with Crippen LogP contribution in [0, 0.1) is 11.8 Å². The summed E-state index contributed by atoms with van der Waals surface area (Å²) >= 11 is -0.492. The third kappa shape index (κ3) is 26.2. The molecule has 0 aromatic heterocycles. The minimum Gasteiger partial charge on any atom is -0.675 e. The molecule has 4 nitrogen and oxygen atoms in total. The van der Waals surface area contributed by atoms with Gasteiger partial charge in [-0.15, -0.1) is 12.1 Å². The maximum absolute atomic E-state index is 4.67. The van der Waals surface area contributed by atoms with Gasteiger partial charge < -0.3 is 16.6 Å². The van der Waals surface area contributed by atoms with E-state index in [-0.39, 0.29) is 17.2 Å². The number of hydrogen-bond donors (Lipinski definition) is 0. The molecule has 1 unspecified atom stereocenters. The third-order valence-electron chi connectivity index (χ3n) is 4.36. The largest absolute Gasteiger partial charge is 0.675 e. The molecule has 0 aromatic carbocycles. The number of nitrogens with zero attached hydrogens (tertiary/aromatic N) is 4. The predicted octanol–water partition coefficient (Wildman–Crippen LogP) is 9.36. The van der Waals surface area contributed by atoms with Crippen LogP contribution < -0.4 is 0 Å². The van der Waals surface area contributed by atoms with E-state index in [1.165, 1.54) is 5.92 Å². The van der Waals surface area contributed by atoms with Crippen LogP contribution in [0.1, 0.15) is 123 Å². The molecule has 0 aliphatic heterocycles. The van der Waals surface area contributed by atoms with Crippen molar-refractivity contribution in [1.82, 2.24) is 0 Å². The average Bonchev–Trinajstić information content (AvgIpc) is 2.59. The maximum Gasteiger partial charge on any atom is -0.0566 e. The van der Waals surface area contributed by atoms with E-state index in [1.807, 2.05) is 0 Å². The van der Waals surface area contributed by atoms with Gasteiger partial charge in [-0.25, -0.2) is 6.17 Å². The number of rotatable bonds is 10. The van der Waals surface area contributed by atoms with E-state index in [0.29, 0.717) is 18.0 Å². The Bertz CT molecular complexity index is 417. The molecule has 0 saturated carbocycles. The third-order valence-corrected chi connectivity index (χ3v) is 7.19. The van der Waals surface area contributed by atoms with Crippen LogP contribution in [-0.4, -0.2) is 29.3 Å². The van der Waals surface area contributed by atoms with Crippen molar-refractivity contribution in [3.8, 4) is 0 Å². The zero-order chi connectivity index (χ0) is 24.5. The minimum absolute atomic E-state index is 0.148. The fourth-order valence-corrected chi connectivity index (χ4v) is 3.35. The summed E-state index contributed by atoms with van der Waals surface area (Å²) in [7, 11) is 0. The molecule has 0 heterocycles. The summed E-state index contributed by atoms with van der Waals surface area (Å²) in [5.41, 5.74) is 0.297. The van der Waals surface area contributed by atoms with Gasteiger partial charge in [0.15, 0.2) is 0 Å². The van der Waals surface area contributed by atoms with Gasteiger partial charge in [0.25, 0.3) is 0 Å². The monoisotopic (exact) mass is 509 g/mol. The van der Waals surface area contributed by atoms with Crippen molar-refractivity contribution in [3.63, 3.8) is 0 Å². The molecule has 0 N–H and O–H groups in total. The summed E-state index contributed by atoms with van der Waals surface area (Å²) in [6.07, 6.45) is 3.57. The molecule has 184 valence electrons. The van der Waals surface area contributed by atoms with Crippen LogP contribution in [0.3, 0.4) is 0 Å². The summed E-state index contributed by atoms with van der Waals surface area (Å²) in [4.78, 5) is 0. The molecule has 30 heavy (non-hydrogen) atoms. The Balaban J connectivity index is -0.000000412. The first-order valence-corrected chi connectivity index (χ1v) is 13.6. The van der Waals surface area contributed by atoms with E-state index in [0.717, 1.165) is 19.3 Å². The molecule has 0 aliphatic rings. The molecular weight excluding hydrogens is 452 g/mol. The summed E-state index contributed by atoms with van der Waals surface area (Å²) < 4.78 is 9.34. The first kappa shape index (κ1) is 34.8. The smallest absolute Gasteiger partial charge is 0.0566 e. The van der Waals surface area contributed by atoms with Gasteiger partial charge in [-0.1, -0.05) is 53.9 Å². The molecule has 0 rings (SSSR count).